The van der Waals surface area contributed by atoms with Crippen LogP contribution in [0.1, 0.15) is 40.9 Å². The molecule has 1 aromatic carbocycles. The Bertz CT molecular complexity index is 952. The summed E-state index contributed by atoms with van der Waals surface area (Å²) in [6.07, 6.45) is 3.97. The number of carbonyl (C=O) groups is 1. The predicted octanol–water partition coefficient (Wildman–Crippen LogP) is 1.76. The molecule has 0 spiro atoms. The summed E-state index contributed by atoms with van der Waals surface area (Å²) in [6.45, 7) is 2.16. The second kappa shape index (κ2) is 8.28. The number of nitrogens with zero attached hydrogens (tertiary/aromatic N) is 2. The van der Waals surface area contributed by atoms with E-state index in [1.54, 1.807) is 0 Å². The number of benzene rings is 1. The Balaban J connectivity index is 1.49. The molecule has 1 saturated heterocycles. The van der Waals surface area contributed by atoms with Gasteiger partial charge in [-0.3, -0.25) is 4.79 Å². The van der Waals surface area contributed by atoms with Crippen LogP contribution in [-0.4, -0.2) is 48.7 Å². The lowest BCUT2D eigenvalue weighted by molar-refractivity contribution is 0.0940. The van der Waals surface area contributed by atoms with Crippen molar-refractivity contribution >= 4 is 27.5 Å². The average Bonchev–Trinajstić information content (AvgIpc) is 3.23. The van der Waals surface area contributed by atoms with Crippen molar-refractivity contribution in [1.82, 2.24) is 19.3 Å². The van der Waals surface area contributed by atoms with Crippen LogP contribution in [0.25, 0.3) is 0 Å². The maximum absolute atomic E-state index is 13.2. The smallest absolute Gasteiger partial charge is 0.272 e. The van der Waals surface area contributed by atoms with E-state index in [1.807, 2.05) is 24.3 Å². The molecule has 1 fully saturated rings. The summed E-state index contributed by atoms with van der Waals surface area (Å²) in [5.41, 5.74) is 2.19. The molecule has 0 radical (unpaired) electrons. The van der Waals surface area contributed by atoms with Gasteiger partial charge in [-0.2, -0.15) is 8.68 Å². The first-order valence-corrected chi connectivity index (χ1v) is 11.9. The van der Waals surface area contributed by atoms with Crippen LogP contribution in [0, 0.1) is 0 Å². The monoisotopic (exact) mass is 420 g/mol. The Labute approximate surface area is 169 Å². The second-order valence-corrected chi connectivity index (χ2v) is 9.78. The fourth-order valence-corrected chi connectivity index (χ4v) is 6.30. The van der Waals surface area contributed by atoms with Gasteiger partial charge in [0.05, 0.1) is 0 Å². The lowest BCUT2D eigenvalue weighted by Gasteiger charge is -2.28. The quantitative estimate of drug-likeness (QED) is 0.769. The molecule has 0 bridgehead atoms. The topological polar surface area (TPSA) is 91.4 Å². The lowest BCUT2D eigenvalue weighted by atomic mass is 10.0. The first kappa shape index (κ1) is 19.5. The minimum Gasteiger partial charge on any atom is -0.349 e. The summed E-state index contributed by atoms with van der Waals surface area (Å²) in [4.78, 5) is 12.6. The molecule has 7 nitrogen and oxygen atoms in total. The average molecular weight is 421 g/mol. The number of aromatic nitrogens is 1. The molecule has 1 amide bonds. The minimum absolute atomic E-state index is 0.000307. The first-order valence-electron chi connectivity index (χ1n) is 9.58. The predicted molar refractivity (Wildman–Crippen MR) is 108 cm³/mol. The molecule has 150 valence electrons. The maximum atomic E-state index is 13.2. The molecule has 0 unspecified atom stereocenters. The molecule has 1 atom stereocenters. The van der Waals surface area contributed by atoms with Gasteiger partial charge >= 0.3 is 0 Å². The van der Waals surface area contributed by atoms with E-state index in [9.17, 15) is 13.2 Å². The summed E-state index contributed by atoms with van der Waals surface area (Å²) in [7, 11) is -3.78. The van der Waals surface area contributed by atoms with E-state index in [0.717, 1.165) is 42.9 Å². The molecule has 0 aliphatic carbocycles. The molecular formula is C19H24N4O3S2. The van der Waals surface area contributed by atoms with Crippen molar-refractivity contribution in [2.24, 2.45) is 0 Å². The fraction of sp³-hybridized carbons (Fsp3) is 0.474. The zero-order valence-electron chi connectivity index (χ0n) is 15.6. The highest BCUT2D eigenvalue weighted by Crippen LogP contribution is 2.27. The van der Waals surface area contributed by atoms with Crippen molar-refractivity contribution in [3.8, 4) is 0 Å². The molecule has 3 heterocycles. The van der Waals surface area contributed by atoms with Crippen molar-refractivity contribution in [2.75, 3.05) is 19.6 Å². The number of fused-ring (bicyclic) bond motifs is 1. The van der Waals surface area contributed by atoms with E-state index in [-0.39, 0.29) is 16.6 Å². The Hall–Kier alpha value is -1.81. The zero-order valence-corrected chi connectivity index (χ0v) is 17.2. The molecule has 0 saturated carbocycles. The van der Waals surface area contributed by atoms with Crippen LogP contribution in [0.4, 0.5) is 0 Å². The van der Waals surface area contributed by atoms with Gasteiger partial charge in [-0.25, -0.2) is 8.42 Å². The van der Waals surface area contributed by atoms with E-state index >= 15 is 0 Å². The van der Waals surface area contributed by atoms with E-state index in [0.29, 0.717) is 26.1 Å². The highest BCUT2D eigenvalue weighted by atomic mass is 32.2. The van der Waals surface area contributed by atoms with Gasteiger partial charge < -0.3 is 10.6 Å². The molecule has 2 N–H and O–H groups in total. The third kappa shape index (κ3) is 3.98. The SMILES string of the molecule is O=C(NC[C@H]1CCCCN1)c1nscc1S(=O)(=O)N1CCc2ccccc2C1. The fourth-order valence-electron chi connectivity index (χ4n) is 3.78. The van der Waals surface area contributed by atoms with Gasteiger partial charge in [-0.1, -0.05) is 30.7 Å². The highest BCUT2D eigenvalue weighted by molar-refractivity contribution is 7.89. The van der Waals surface area contributed by atoms with Crippen molar-refractivity contribution < 1.29 is 13.2 Å². The Morgan fingerprint density at radius 2 is 2.11 bits per heavy atom. The van der Waals surface area contributed by atoms with E-state index < -0.39 is 15.9 Å². The molecule has 2 aromatic rings. The van der Waals surface area contributed by atoms with Gasteiger partial charge in [0, 0.05) is 31.1 Å². The van der Waals surface area contributed by atoms with Crippen LogP contribution in [0.2, 0.25) is 0 Å². The first-order chi connectivity index (χ1) is 13.6. The number of nitrogens with one attached hydrogen (secondary N) is 2. The van der Waals surface area contributed by atoms with Gasteiger partial charge in [-0.05, 0) is 48.5 Å². The molecule has 2 aliphatic heterocycles. The van der Waals surface area contributed by atoms with Crippen LogP contribution >= 0.6 is 11.5 Å². The van der Waals surface area contributed by atoms with Crippen molar-refractivity contribution in [3.05, 3.63) is 46.5 Å². The van der Waals surface area contributed by atoms with Gasteiger partial charge in [0.1, 0.15) is 4.90 Å². The summed E-state index contributed by atoms with van der Waals surface area (Å²) < 4.78 is 31.9. The standard InChI is InChI=1S/C19H24N4O3S2/c24-19(21-11-16-7-3-4-9-20-16)18-17(13-27-22-18)28(25,26)23-10-8-14-5-1-2-6-15(14)12-23/h1-2,5-6,13,16,20H,3-4,7-12H2,(H,21,24)/t16-/m1/s1. The third-order valence-electron chi connectivity index (χ3n) is 5.39. The normalized spacial score (nSPS) is 20.5. The Morgan fingerprint density at radius 1 is 1.29 bits per heavy atom. The summed E-state index contributed by atoms with van der Waals surface area (Å²) in [5, 5.41) is 7.67. The Morgan fingerprint density at radius 3 is 2.89 bits per heavy atom. The zero-order chi connectivity index (χ0) is 19.6. The third-order valence-corrected chi connectivity index (χ3v) is 8.02. The van der Waals surface area contributed by atoms with E-state index in [1.165, 1.54) is 15.2 Å². The highest BCUT2D eigenvalue weighted by Gasteiger charge is 2.33. The number of carbonyl (C=O) groups excluding carboxylic acids is 1. The van der Waals surface area contributed by atoms with E-state index in [4.69, 9.17) is 0 Å². The van der Waals surface area contributed by atoms with Crippen molar-refractivity contribution in [2.45, 2.75) is 43.2 Å². The summed E-state index contributed by atoms with van der Waals surface area (Å²) in [5.74, 6) is -0.426. The Kier molecular flexibility index (Phi) is 5.77. The lowest BCUT2D eigenvalue weighted by Crippen LogP contribution is -2.44. The van der Waals surface area contributed by atoms with Gasteiger partial charge in [0.25, 0.3) is 5.91 Å². The van der Waals surface area contributed by atoms with Crippen LogP contribution in [0.3, 0.4) is 0 Å². The molecule has 1 aromatic heterocycles. The van der Waals surface area contributed by atoms with Crippen molar-refractivity contribution in [1.29, 1.82) is 0 Å². The van der Waals surface area contributed by atoms with Crippen LogP contribution in [0.5, 0.6) is 0 Å². The molecule has 4 rings (SSSR count). The number of hydrogen-bond acceptors (Lipinski definition) is 6. The van der Waals surface area contributed by atoms with E-state index in [2.05, 4.69) is 15.0 Å². The molecule has 2 aliphatic rings. The number of sulfonamides is 1. The number of rotatable bonds is 5. The molecule has 9 heteroatoms. The maximum Gasteiger partial charge on any atom is 0.272 e. The minimum atomic E-state index is -3.78. The largest absolute Gasteiger partial charge is 0.349 e. The van der Waals surface area contributed by atoms with Crippen LogP contribution in [0.15, 0.2) is 34.5 Å². The number of hydrogen-bond donors (Lipinski definition) is 2. The van der Waals surface area contributed by atoms with Crippen LogP contribution < -0.4 is 10.6 Å². The number of amides is 1. The van der Waals surface area contributed by atoms with Gasteiger partial charge in [0.15, 0.2) is 5.69 Å². The number of piperidine rings is 1. The summed E-state index contributed by atoms with van der Waals surface area (Å²) in [6, 6.07) is 8.10. The van der Waals surface area contributed by atoms with Gasteiger partial charge in [-0.15, -0.1) is 0 Å². The molecule has 28 heavy (non-hydrogen) atoms. The summed E-state index contributed by atoms with van der Waals surface area (Å²) >= 11 is 1.00. The molecular weight excluding hydrogens is 396 g/mol. The van der Waals surface area contributed by atoms with Gasteiger partial charge in [0.2, 0.25) is 10.0 Å². The second-order valence-electron chi connectivity index (χ2n) is 7.24. The van der Waals surface area contributed by atoms with Crippen LogP contribution in [-0.2, 0) is 23.0 Å². The van der Waals surface area contributed by atoms with Crippen molar-refractivity contribution in [3.63, 3.8) is 0 Å².